The normalized spacial score (nSPS) is 14.3. The third-order valence-electron chi connectivity index (χ3n) is 7.25. The van der Waals surface area contributed by atoms with Crippen molar-refractivity contribution in [3.05, 3.63) is 90.5 Å². The molecule has 0 aromatic heterocycles. The highest BCUT2D eigenvalue weighted by molar-refractivity contribution is 7.92. The summed E-state index contributed by atoms with van der Waals surface area (Å²) in [5.41, 5.74) is 1.09. The standard InChI is InChI=1S/C31H37N3O5S/c1-3-27(31(36)32-25-16-10-11-17-25)33(22-24-14-6-4-7-15-24)30(35)23-34(28-20-12-13-21-29(28)39-2)40(37,38)26-18-8-5-9-19-26/h4-9,12-15,18-21,25,27H,3,10-11,16-17,22-23H2,1-2H3,(H,32,36). The largest absolute Gasteiger partial charge is 0.495 e. The molecule has 1 aliphatic carbocycles. The summed E-state index contributed by atoms with van der Waals surface area (Å²) in [5, 5.41) is 3.13. The van der Waals surface area contributed by atoms with Crippen molar-refractivity contribution < 1.29 is 22.7 Å². The lowest BCUT2D eigenvalue weighted by Gasteiger charge is -2.34. The Morgan fingerprint density at radius 3 is 2.15 bits per heavy atom. The number of amides is 2. The monoisotopic (exact) mass is 563 g/mol. The van der Waals surface area contributed by atoms with Gasteiger partial charge in [0.1, 0.15) is 18.3 Å². The number of anilines is 1. The number of rotatable bonds is 12. The van der Waals surface area contributed by atoms with Gasteiger partial charge < -0.3 is 15.0 Å². The minimum Gasteiger partial charge on any atom is -0.495 e. The van der Waals surface area contributed by atoms with Gasteiger partial charge in [-0.05, 0) is 49.1 Å². The number of para-hydroxylation sites is 2. The number of methoxy groups -OCH3 is 1. The molecule has 0 bridgehead atoms. The van der Waals surface area contributed by atoms with Gasteiger partial charge in [-0.25, -0.2) is 8.42 Å². The van der Waals surface area contributed by atoms with Crippen LogP contribution in [0.15, 0.2) is 89.8 Å². The Hall–Kier alpha value is -3.85. The number of ether oxygens (including phenoxy) is 1. The van der Waals surface area contributed by atoms with Gasteiger partial charge in [-0.15, -0.1) is 0 Å². The van der Waals surface area contributed by atoms with Crippen molar-refractivity contribution in [2.75, 3.05) is 18.0 Å². The molecule has 3 aromatic carbocycles. The van der Waals surface area contributed by atoms with E-state index in [-0.39, 0.29) is 29.1 Å². The fraction of sp³-hybridized carbons (Fsp3) is 0.355. The summed E-state index contributed by atoms with van der Waals surface area (Å²) in [6, 6.07) is 23.4. The Kier molecular flexibility index (Phi) is 9.82. The average molecular weight is 564 g/mol. The van der Waals surface area contributed by atoms with Crippen LogP contribution in [0.4, 0.5) is 5.69 Å². The van der Waals surface area contributed by atoms with E-state index < -0.39 is 28.5 Å². The second kappa shape index (κ2) is 13.5. The van der Waals surface area contributed by atoms with Gasteiger partial charge in [0.05, 0.1) is 17.7 Å². The maximum absolute atomic E-state index is 14.1. The summed E-state index contributed by atoms with van der Waals surface area (Å²) in [4.78, 5) is 29.2. The Morgan fingerprint density at radius 2 is 1.52 bits per heavy atom. The quantitative estimate of drug-likeness (QED) is 0.343. The SMILES string of the molecule is CCC(C(=O)NC1CCCC1)N(Cc1ccccc1)C(=O)CN(c1ccccc1OC)S(=O)(=O)c1ccccc1. The van der Waals surface area contributed by atoms with E-state index in [1.54, 1.807) is 42.5 Å². The van der Waals surface area contributed by atoms with E-state index in [1.165, 1.54) is 24.1 Å². The summed E-state index contributed by atoms with van der Waals surface area (Å²) in [5.74, 6) is -0.383. The molecule has 1 N–H and O–H groups in total. The first kappa shape index (κ1) is 29.1. The highest BCUT2D eigenvalue weighted by Gasteiger charge is 2.35. The van der Waals surface area contributed by atoms with Crippen LogP contribution in [0, 0.1) is 0 Å². The molecule has 0 radical (unpaired) electrons. The zero-order valence-corrected chi connectivity index (χ0v) is 23.8. The highest BCUT2D eigenvalue weighted by Crippen LogP contribution is 2.32. The smallest absolute Gasteiger partial charge is 0.264 e. The first-order valence-corrected chi connectivity index (χ1v) is 15.1. The van der Waals surface area contributed by atoms with Crippen molar-refractivity contribution in [3.63, 3.8) is 0 Å². The van der Waals surface area contributed by atoms with Crippen molar-refractivity contribution >= 4 is 27.5 Å². The molecule has 9 heteroatoms. The summed E-state index contributed by atoms with van der Waals surface area (Å²) < 4.78 is 34.4. The summed E-state index contributed by atoms with van der Waals surface area (Å²) >= 11 is 0. The van der Waals surface area contributed by atoms with Crippen LogP contribution in [0.2, 0.25) is 0 Å². The topological polar surface area (TPSA) is 96.0 Å². The van der Waals surface area contributed by atoms with Crippen LogP contribution in [0.25, 0.3) is 0 Å². The fourth-order valence-corrected chi connectivity index (χ4v) is 6.58. The fourth-order valence-electron chi connectivity index (χ4n) is 5.14. The third kappa shape index (κ3) is 6.83. The maximum atomic E-state index is 14.1. The molecular weight excluding hydrogens is 526 g/mol. The van der Waals surface area contributed by atoms with E-state index in [0.717, 1.165) is 35.6 Å². The van der Waals surface area contributed by atoms with Crippen molar-refractivity contribution in [1.29, 1.82) is 0 Å². The molecule has 4 rings (SSSR count). The van der Waals surface area contributed by atoms with E-state index in [2.05, 4.69) is 5.32 Å². The van der Waals surface area contributed by atoms with Crippen molar-refractivity contribution in [3.8, 4) is 5.75 Å². The van der Waals surface area contributed by atoms with Gasteiger partial charge in [0.25, 0.3) is 10.0 Å². The summed E-state index contributed by atoms with van der Waals surface area (Å²) in [6.07, 6.45) is 4.37. The molecule has 40 heavy (non-hydrogen) atoms. The highest BCUT2D eigenvalue weighted by atomic mass is 32.2. The predicted octanol–water partition coefficient (Wildman–Crippen LogP) is 4.76. The Balaban J connectivity index is 1.72. The van der Waals surface area contributed by atoms with Crippen molar-refractivity contribution in [1.82, 2.24) is 10.2 Å². The zero-order valence-electron chi connectivity index (χ0n) is 23.0. The molecule has 0 spiro atoms. The number of sulfonamides is 1. The molecule has 1 fully saturated rings. The Morgan fingerprint density at radius 1 is 0.925 bits per heavy atom. The summed E-state index contributed by atoms with van der Waals surface area (Å²) in [6.45, 7) is 1.53. The van der Waals surface area contributed by atoms with E-state index >= 15 is 0 Å². The minimum absolute atomic E-state index is 0.0503. The van der Waals surface area contributed by atoms with E-state index in [9.17, 15) is 18.0 Å². The average Bonchev–Trinajstić information content (AvgIpc) is 3.49. The molecule has 1 atom stereocenters. The molecule has 3 aromatic rings. The van der Waals surface area contributed by atoms with E-state index in [1.807, 2.05) is 37.3 Å². The van der Waals surface area contributed by atoms with Crippen LogP contribution < -0.4 is 14.4 Å². The molecule has 0 heterocycles. The Bertz CT molecular complexity index is 1380. The van der Waals surface area contributed by atoms with Crippen molar-refractivity contribution in [2.45, 2.75) is 62.6 Å². The molecule has 1 aliphatic rings. The van der Waals surface area contributed by atoms with Gasteiger partial charge in [0.2, 0.25) is 11.8 Å². The molecule has 2 amide bonds. The van der Waals surface area contributed by atoms with E-state index in [0.29, 0.717) is 12.2 Å². The van der Waals surface area contributed by atoms with Crippen LogP contribution in [-0.4, -0.2) is 50.9 Å². The first-order valence-electron chi connectivity index (χ1n) is 13.7. The zero-order chi connectivity index (χ0) is 28.5. The molecular formula is C31H37N3O5S. The van der Waals surface area contributed by atoms with Gasteiger partial charge in [-0.1, -0.05) is 80.4 Å². The molecule has 0 saturated heterocycles. The van der Waals surface area contributed by atoms with Gasteiger partial charge in [0.15, 0.2) is 0 Å². The van der Waals surface area contributed by atoms with Crippen LogP contribution in [-0.2, 0) is 26.2 Å². The second-order valence-corrected chi connectivity index (χ2v) is 11.8. The van der Waals surface area contributed by atoms with Crippen LogP contribution in [0.1, 0.15) is 44.6 Å². The van der Waals surface area contributed by atoms with Crippen molar-refractivity contribution in [2.24, 2.45) is 0 Å². The third-order valence-corrected chi connectivity index (χ3v) is 9.02. The van der Waals surface area contributed by atoms with Crippen LogP contribution in [0.3, 0.4) is 0 Å². The predicted molar refractivity (Wildman–Crippen MR) is 155 cm³/mol. The number of hydrogen-bond acceptors (Lipinski definition) is 5. The second-order valence-electron chi connectivity index (χ2n) is 9.92. The van der Waals surface area contributed by atoms with Gasteiger partial charge in [-0.2, -0.15) is 0 Å². The molecule has 1 saturated carbocycles. The number of carbonyl (C=O) groups excluding carboxylic acids is 2. The first-order chi connectivity index (χ1) is 19.3. The number of nitrogens with one attached hydrogen (secondary N) is 1. The molecule has 1 unspecified atom stereocenters. The lowest BCUT2D eigenvalue weighted by Crippen LogP contribution is -2.53. The number of hydrogen-bond donors (Lipinski definition) is 1. The maximum Gasteiger partial charge on any atom is 0.264 e. The van der Waals surface area contributed by atoms with Crippen LogP contribution in [0.5, 0.6) is 5.75 Å². The lowest BCUT2D eigenvalue weighted by atomic mass is 10.1. The molecule has 0 aliphatic heterocycles. The van der Waals surface area contributed by atoms with Gasteiger partial charge >= 0.3 is 0 Å². The lowest BCUT2D eigenvalue weighted by molar-refractivity contribution is -0.140. The van der Waals surface area contributed by atoms with Gasteiger partial charge in [-0.3, -0.25) is 13.9 Å². The number of benzene rings is 3. The minimum atomic E-state index is -4.15. The number of carbonyl (C=O) groups is 2. The Labute approximate surface area is 237 Å². The van der Waals surface area contributed by atoms with Crippen LogP contribution >= 0.6 is 0 Å². The van der Waals surface area contributed by atoms with E-state index in [4.69, 9.17) is 4.74 Å². The molecule has 212 valence electrons. The number of nitrogens with zero attached hydrogens (tertiary/aromatic N) is 2. The van der Waals surface area contributed by atoms with Gasteiger partial charge in [0, 0.05) is 12.6 Å². The summed E-state index contributed by atoms with van der Waals surface area (Å²) in [7, 11) is -2.70. The molecule has 8 nitrogen and oxygen atoms in total.